The van der Waals surface area contributed by atoms with Gasteiger partial charge in [0.1, 0.15) is 0 Å². The van der Waals surface area contributed by atoms with Crippen molar-refractivity contribution in [1.82, 2.24) is 5.32 Å². The second-order valence-electron chi connectivity index (χ2n) is 7.30. The van der Waals surface area contributed by atoms with Gasteiger partial charge in [0.25, 0.3) is 5.69 Å². The molecule has 9 heteroatoms. The van der Waals surface area contributed by atoms with Gasteiger partial charge in [-0.2, -0.15) is 0 Å². The zero-order valence-electron chi connectivity index (χ0n) is 16.5. The number of nitro groups is 1. The number of hydrogen-bond acceptors (Lipinski definition) is 5. The smallest absolute Gasteiger partial charge is 0.271 e. The Kier molecular flexibility index (Phi) is 8.20. The number of non-ortho nitro benzene ring substituents is 1. The molecule has 0 unspecified atom stereocenters. The number of benzene rings is 1. The standard InChI is InChI=1S/C18H29N3O5S/c1-13(2)18(14(3)4)19-17(22)10-7-11-20(27(5,25)26)15-8-6-9-16(12-15)21(23)24/h6,8-9,12-14,18H,7,10-11H2,1-5H3,(H,19,22). The number of nitro benzene ring substituents is 1. The minimum absolute atomic E-state index is 0.0558. The summed E-state index contributed by atoms with van der Waals surface area (Å²) in [6, 6.07) is 5.51. The van der Waals surface area contributed by atoms with E-state index in [4.69, 9.17) is 0 Å². The summed E-state index contributed by atoms with van der Waals surface area (Å²) >= 11 is 0. The fourth-order valence-electron chi connectivity index (χ4n) is 2.99. The molecule has 1 aromatic rings. The lowest BCUT2D eigenvalue weighted by Crippen LogP contribution is -2.42. The van der Waals surface area contributed by atoms with Crippen LogP contribution >= 0.6 is 0 Å². The summed E-state index contributed by atoms with van der Waals surface area (Å²) in [6.45, 7) is 8.23. The Morgan fingerprint density at radius 3 is 2.30 bits per heavy atom. The monoisotopic (exact) mass is 399 g/mol. The van der Waals surface area contributed by atoms with Crippen molar-refractivity contribution in [3.63, 3.8) is 0 Å². The second-order valence-corrected chi connectivity index (χ2v) is 9.20. The van der Waals surface area contributed by atoms with Crippen molar-refractivity contribution in [3.05, 3.63) is 34.4 Å². The van der Waals surface area contributed by atoms with Crippen molar-refractivity contribution in [2.24, 2.45) is 11.8 Å². The highest BCUT2D eigenvalue weighted by atomic mass is 32.2. The third-order valence-corrected chi connectivity index (χ3v) is 5.45. The molecule has 0 aliphatic carbocycles. The second kappa shape index (κ2) is 9.68. The van der Waals surface area contributed by atoms with E-state index < -0.39 is 14.9 Å². The van der Waals surface area contributed by atoms with E-state index in [1.54, 1.807) is 0 Å². The van der Waals surface area contributed by atoms with Crippen molar-refractivity contribution in [1.29, 1.82) is 0 Å². The van der Waals surface area contributed by atoms with Gasteiger partial charge in [-0.25, -0.2) is 8.42 Å². The quantitative estimate of drug-likeness (QED) is 0.480. The molecular formula is C18H29N3O5S. The molecule has 1 N–H and O–H groups in total. The zero-order chi connectivity index (χ0) is 20.8. The first kappa shape index (κ1) is 22.9. The van der Waals surface area contributed by atoms with Gasteiger partial charge in [-0.05, 0) is 24.3 Å². The van der Waals surface area contributed by atoms with E-state index >= 15 is 0 Å². The highest BCUT2D eigenvalue weighted by Crippen LogP contribution is 2.23. The van der Waals surface area contributed by atoms with Gasteiger partial charge in [0.05, 0.1) is 16.9 Å². The maximum atomic E-state index is 12.2. The number of hydrogen-bond donors (Lipinski definition) is 1. The van der Waals surface area contributed by atoms with E-state index in [9.17, 15) is 23.3 Å². The summed E-state index contributed by atoms with van der Waals surface area (Å²) in [5, 5.41) is 13.9. The van der Waals surface area contributed by atoms with Gasteiger partial charge in [-0.15, -0.1) is 0 Å². The third kappa shape index (κ3) is 7.16. The molecule has 0 aromatic heterocycles. The number of nitrogens with zero attached hydrogens (tertiary/aromatic N) is 2. The summed E-state index contributed by atoms with van der Waals surface area (Å²) in [5.41, 5.74) is 0.0324. The van der Waals surface area contributed by atoms with Crippen LogP contribution in [-0.4, -0.2) is 38.1 Å². The van der Waals surface area contributed by atoms with E-state index in [1.807, 2.05) is 27.7 Å². The minimum atomic E-state index is -3.63. The Labute approximate surface area is 161 Å². The summed E-state index contributed by atoms with van der Waals surface area (Å²) in [6.07, 6.45) is 1.53. The van der Waals surface area contributed by atoms with Gasteiger partial charge in [0, 0.05) is 31.1 Å². The lowest BCUT2D eigenvalue weighted by Gasteiger charge is -2.26. The molecule has 0 fully saturated rings. The van der Waals surface area contributed by atoms with Crippen LogP contribution in [0.4, 0.5) is 11.4 Å². The Morgan fingerprint density at radius 1 is 1.22 bits per heavy atom. The molecule has 0 radical (unpaired) electrons. The van der Waals surface area contributed by atoms with Crippen LogP contribution in [0.3, 0.4) is 0 Å². The van der Waals surface area contributed by atoms with Gasteiger partial charge in [-0.3, -0.25) is 19.2 Å². The molecule has 1 aromatic carbocycles. The van der Waals surface area contributed by atoms with Crippen LogP contribution in [0.5, 0.6) is 0 Å². The van der Waals surface area contributed by atoms with Gasteiger partial charge in [-0.1, -0.05) is 33.8 Å². The first-order valence-corrected chi connectivity index (χ1v) is 10.8. The molecule has 0 saturated heterocycles. The summed E-state index contributed by atoms with van der Waals surface area (Å²) < 4.78 is 25.3. The third-order valence-electron chi connectivity index (χ3n) is 4.26. The SMILES string of the molecule is CC(C)C(NC(=O)CCCN(c1cccc([N+](=O)[O-])c1)S(C)(=O)=O)C(C)C. The molecule has 8 nitrogen and oxygen atoms in total. The van der Waals surface area contributed by atoms with Crippen LogP contribution < -0.4 is 9.62 Å². The van der Waals surface area contributed by atoms with E-state index in [1.165, 1.54) is 24.3 Å². The molecule has 0 aliphatic heterocycles. The van der Waals surface area contributed by atoms with Gasteiger partial charge in [0.15, 0.2) is 0 Å². The van der Waals surface area contributed by atoms with Crippen LogP contribution in [-0.2, 0) is 14.8 Å². The first-order valence-electron chi connectivity index (χ1n) is 8.95. The van der Waals surface area contributed by atoms with Crippen molar-refractivity contribution in [2.75, 3.05) is 17.1 Å². The molecule has 1 rings (SSSR count). The van der Waals surface area contributed by atoms with Crippen molar-refractivity contribution < 1.29 is 18.1 Å². The van der Waals surface area contributed by atoms with Crippen LogP contribution in [0, 0.1) is 22.0 Å². The molecule has 0 spiro atoms. The van der Waals surface area contributed by atoms with E-state index in [0.29, 0.717) is 18.3 Å². The molecule has 0 bridgehead atoms. The lowest BCUT2D eigenvalue weighted by molar-refractivity contribution is -0.384. The maximum absolute atomic E-state index is 12.2. The minimum Gasteiger partial charge on any atom is -0.353 e. The zero-order valence-corrected chi connectivity index (χ0v) is 17.3. The summed E-state index contributed by atoms with van der Waals surface area (Å²) in [4.78, 5) is 22.6. The highest BCUT2D eigenvalue weighted by molar-refractivity contribution is 7.92. The van der Waals surface area contributed by atoms with Crippen molar-refractivity contribution >= 4 is 27.3 Å². The number of anilines is 1. The maximum Gasteiger partial charge on any atom is 0.271 e. The first-order chi connectivity index (χ1) is 12.4. The number of carbonyl (C=O) groups excluding carboxylic acids is 1. The van der Waals surface area contributed by atoms with E-state index in [0.717, 1.165) is 10.6 Å². The number of sulfonamides is 1. The molecule has 0 heterocycles. The van der Waals surface area contributed by atoms with Crippen molar-refractivity contribution in [3.8, 4) is 0 Å². The lowest BCUT2D eigenvalue weighted by atomic mass is 9.93. The predicted molar refractivity (Wildman–Crippen MR) is 106 cm³/mol. The molecule has 27 heavy (non-hydrogen) atoms. The van der Waals surface area contributed by atoms with Crippen LogP contribution in [0.25, 0.3) is 0 Å². The van der Waals surface area contributed by atoms with Crippen LogP contribution in [0.15, 0.2) is 24.3 Å². The Hall–Kier alpha value is -2.16. The Bertz CT molecular complexity index is 754. The number of rotatable bonds is 10. The van der Waals surface area contributed by atoms with E-state index in [2.05, 4.69) is 5.32 Å². The average molecular weight is 400 g/mol. The highest BCUT2D eigenvalue weighted by Gasteiger charge is 2.22. The average Bonchev–Trinajstić information content (AvgIpc) is 2.54. The molecule has 0 saturated carbocycles. The summed E-state index contributed by atoms with van der Waals surface area (Å²) in [7, 11) is -3.63. The van der Waals surface area contributed by atoms with E-state index in [-0.39, 0.29) is 36.3 Å². The fraction of sp³-hybridized carbons (Fsp3) is 0.611. The van der Waals surface area contributed by atoms with Crippen molar-refractivity contribution in [2.45, 2.75) is 46.6 Å². The van der Waals surface area contributed by atoms with Gasteiger partial charge < -0.3 is 5.32 Å². The Morgan fingerprint density at radius 2 is 1.81 bits per heavy atom. The normalized spacial score (nSPS) is 11.9. The van der Waals surface area contributed by atoms with Crippen LogP contribution in [0.1, 0.15) is 40.5 Å². The molecular weight excluding hydrogens is 370 g/mol. The van der Waals surface area contributed by atoms with Crippen LogP contribution in [0.2, 0.25) is 0 Å². The molecule has 0 aliphatic rings. The predicted octanol–water partition coefficient (Wildman–Crippen LogP) is 2.94. The number of amides is 1. The number of nitrogens with one attached hydrogen (secondary N) is 1. The fourth-order valence-corrected chi connectivity index (χ4v) is 3.95. The molecule has 152 valence electrons. The van der Waals surface area contributed by atoms with Gasteiger partial charge in [0.2, 0.25) is 15.9 Å². The Balaban J connectivity index is 2.79. The summed E-state index contributed by atoms with van der Waals surface area (Å²) in [5.74, 6) is 0.465. The topological polar surface area (TPSA) is 110 Å². The molecule has 1 amide bonds. The largest absolute Gasteiger partial charge is 0.353 e. The number of carbonyl (C=O) groups is 1. The molecule has 0 atom stereocenters. The van der Waals surface area contributed by atoms with Gasteiger partial charge >= 0.3 is 0 Å².